The Morgan fingerprint density at radius 3 is 2.50 bits per heavy atom. The fourth-order valence-electron chi connectivity index (χ4n) is 2.44. The average molecular weight is 289 g/mol. The van der Waals surface area contributed by atoms with E-state index in [4.69, 9.17) is 4.42 Å². The number of rotatable bonds is 3. The molecule has 0 atom stereocenters. The van der Waals surface area contributed by atoms with Crippen LogP contribution in [-0.2, 0) is 16.4 Å². The second kappa shape index (κ2) is 4.52. The van der Waals surface area contributed by atoms with Crippen LogP contribution >= 0.6 is 0 Å². The summed E-state index contributed by atoms with van der Waals surface area (Å²) in [4.78, 5) is 0.274. The summed E-state index contributed by atoms with van der Waals surface area (Å²) >= 11 is 0. The molecule has 0 fully saturated rings. The quantitative estimate of drug-likeness (QED) is 0.743. The molecule has 2 aromatic heterocycles. The Morgan fingerprint density at radius 1 is 1.15 bits per heavy atom. The minimum Gasteiger partial charge on any atom is -0.463 e. The third-order valence-electron chi connectivity index (χ3n) is 3.38. The molecule has 0 bridgehead atoms. The van der Waals surface area contributed by atoms with E-state index in [1.807, 2.05) is 6.92 Å². The summed E-state index contributed by atoms with van der Waals surface area (Å²) in [5.74, 6) is 1.45. The van der Waals surface area contributed by atoms with Gasteiger partial charge in [-0.15, -0.1) is 0 Å². The number of nitrogens with zero attached hydrogens (tertiary/aromatic N) is 1. The third-order valence-corrected chi connectivity index (χ3v) is 5.07. The topological polar surface area (TPSA) is 52.2 Å². The van der Waals surface area contributed by atoms with Crippen LogP contribution in [0.1, 0.15) is 18.4 Å². The Balaban J connectivity index is 2.28. The van der Waals surface area contributed by atoms with Crippen molar-refractivity contribution < 1.29 is 12.8 Å². The van der Waals surface area contributed by atoms with E-state index in [0.717, 1.165) is 17.6 Å². The first-order valence-electron chi connectivity index (χ1n) is 6.45. The van der Waals surface area contributed by atoms with Gasteiger partial charge in [0, 0.05) is 18.0 Å². The lowest BCUT2D eigenvalue weighted by molar-refractivity contribution is 0.493. The molecule has 5 heteroatoms. The Kier molecular flexibility index (Phi) is 2.94. The van der Waals surface area contributed by atoms with Crippen LogP contribution in [0.3, 0.4) is 0 Å². The van der Waals surface area contributed by atoms with Crippen LogP contribution in [0.15, 0.2) is 51.9 Å². The van der Waals surface area contributed by atoms with Gasteiger partial charge in [-0.2, -0.15) is 0 Å². The Morgan fingerprint density at radius 2 is 1.85 bits per heavy atom. The first-order valence-corrected chi connectivity index (χ1v) is 7.89. The molecule has 0 radical (unpaired) electrons. The Labute approximate surface area is 117 Å². The summed E-state index contributed by atoms with van der Waals surface area (Å²) in [6, 6.07) is 10.2. The zero-order valence-corrected chi connectivity index (χ0v) is 12.1. The Hall–Kier alpha value is -2.01. The summed E-state index contributed by atoms with van der Waals surface area (Å²) in [6.07, 6.45) is 2.33. The molecule has 4 nitrogen and oxygen atoms in total. The summed E-state index contributed by atoms with van der Waals surface area (Å²) in [5.41, 5.74) is 0.630. The molecule has 0 saturated heterocycles. The van der Waals surface area contributed by atoms with Crippen LogP contribution in [0.5, 0.6) is 0 Å². The van der Waals surface area contributed by atoms with Gasteiger partial charge in [-0.25, -0.2) is 12.4 Å². The lowest BCUT2D eigenvalue weighted by Crippen LogP contribution is -2.11. The van der Waals surface area contributed by atoms with Gasteiger partial charge in [-0.3, -0.25) is 0 Å². The normalized spacial score (nSPS) is 12.1. The van der Waals surface area contributed by atoms with Gasteiger partial charge in [0.15, 0.2) is 0 Å². The second-order valence-corrected chi connectivity index (χ2v) is 6.44. The van der Waals surface area contributed by atoms with Gasteiger partial charge in [0.25, 0.3) is 10.0 Å². The monoisotopic (exact) mass is 289 g/mol. The molecule has 0 aliphatic carbocycles. The van der Waals surface area contributed by atoms with Crippen molar-refractivity contribution in [3.63, 3.8) is 0 Å². The molecule has 0 N–H and O–H groups in total. The molecule has 0 aliphatic heterocycles. The maximum absolute atomic E-state index is 12.7. The number of fused-ring (bicyclic) bond motifs is 1. The molecule has 20 heavy (non-hydrogen) atoms. The molecule has 2 heterocycles. The van der Waals surface area contributed by atoms with Crippen molar-refractivity contribution in [1.29, 1.82) is 0 Å². The molecule has 0 spiro atoms. The van der Waals surface area contributed by atoms with Gasteiger partial charge in [0.1, 0.15) is 17.0 Å². The minimum absolute atomic E-state index is 0.274. The van der Waals surface area contributed by atoms with E-state index in [-0.39, 0.29) is 4.90 Å². The van der Waals surface area contributed by atoms with E-state index < -0.39 is 10.0 Å². The molecule has 0 amide bonds. The fraction of sp³-hybridized carbons (Fsp3) is 0.200. The van der Waals surface area contributed by atoms with Gasteiger partial charge in [-0.1, -0.05) is 25.1 Å². The van der Waals surface area contributed by atoms with Crippen molar-refractivity contribution in [1.82, 2.24) is 3.97 Å². The van der Waals surface area contributed by atoms with Gasteiger partial charge in [0.2, 0.25) is 0 Å². The highest BCUT2D eigenvalue weighted by Crippen LogP contribution is 2.30. The van der Waals surface area contributed by atoms with Gasteiger partial charge >= 0.3 is 0 Å². The number of hydrogen-bond acceptors (Lipinski definition) is 3. The number of aryl methyl sites for hydroxylation is 2. The van der Waals surface area contributed by atoms with E-state index in [9.17, 15) is 8.42 Å². The largest absolute Gasteiger partial charge is 0.463 e. The van der Waals surface area contributed by atoms with Crippen molar-refractivity contribution in [3.05, 3.63) is 54.1 Å². The standard InChI is InChI=1S/C15H15NO3S/c1-3-14-13-9-10-16(15(13)11(2)19-14)20(17,18)12-7-5-4-6-8-12/h4-10H,3H2,1-2H3. The van der Waals surface area contributed by atoms with Crippen molar-refractivity contribution >= 4 is 20.9 Å². The number of aromatic nitrogens is 1. The number of furan rings is 1. The predicted molar refractivity (Wildman–Crippen MR) is 77.3 cm³/mol. The highest BCUT2D eigenvalue weighted by atomic mass is 32.2. The van der Waals surface area contributed by atoms with Crippen molar-refractivity contribution in [3.8, 4) is 0 Å². The van der Waals surface area contributed by atoms with E-state index >= 15 is 0 Å². The van der Waals surface area contributed by atoms with Crippen molar-refractivity contribution in [2.24, 2.45) is 0 Å². The SMILES string of the molecule is CCc1oc(C)c2c1ccn2S(=O)(=O)c1ccccc1. The number of hydrogen-bond donors (Lipinski definition) is 0. The molecule has 3 rings (SSSR count). The zero-order chi connectivity index (χ0) is 14.3. The molecule has 0 unspecified atom stereocenters. The molecular formula is C15H15NO3S. The predicted octanol–water partition coefficient (Wildman–Crippen LogP) is 3.34. The van der Waals surface area contributed by atoms with E-state index in [0.29, 0.717) is 11.3 Å². The first-order chi connectivity index (χ1) is 9.55. The zero-order valence-electron chi connectivity index (χ0n) is 11.3. The summed E-state index contributed by atoms with van der Waals surface area (Å²) in [5, 5.41) is 0.865. The maximum Gasteiger partial charge on any atom is 0.268 e. The summed E-state index contributed by atoms with van der Waals surface area (Å²) in [6.45, 7) is 3.78. The van der Waals surface area contributed by atoms with Crippen LogP contribution in [-0.4, -0.2) is 12.4 Å². The minimum atomic E-state index is -3.58. The first kappa shape index (κ1) is 13.0. The molecular weight excluding hydrogens is 274 g/mol. The van der Waals surface area contributed by atoms with Crippen LogP contribution < -0.4 is 0 Å². The number of benzene rings is 1. The van der Waals surface area contributed by atoms with E-state index in [2.05, 4.69) is 0 Å². The molecule has 0 aliphatic rings. The summed E-state index contributed by atoms with van der Waals surface area (Å²) in [7, 11) is -3.58. The van der Waals surface area contributed by atoms with Crippen molar-refractivity contribution in [2.75, 3.05) is 0 Å². The van der Waals surface area contributed by atoms with Crippen LogP contribution in [0.2, 0.25) is 0 Å². The van der Waals surface area contributed by atoms with Gasteiger partial charge < -0.3 is 4.42 Å². The molecule has 1 aromatic carbocycles. The fourth-order valence-corrected chi connectivity index (χ4v) is 3.86. The lowest BCUT2D eigenvalue weighted by atomic mass is 10.2. The van der Waals surface area contributed by atoms with Crippen LogP contribution in [0.4, 0.5) is 0 Å². The summed E-state index contributed by atoms with van der Waals surface area (Å²) < 4.78 is 32.3. The lowest BCUT2D eigenvalue weighted by Gasteiger charge is -2.06. The molecule has 3 aromatic rings. The molecule has 104 valence electrons. The van der Waals surface area contributed by atoms with Crippen LogP contribution in [0, 0.1) is 6.92 Å². The van der Waals surface area contributed by atoms with Crippen molar-refractivity contribution in [2.45, 2.75) is 25.2 Å². The third kappa shape index (κ3) is 1.78. The molecule has 0 saturated carbocycles. The van der Waals surface area contributed by atoms with Gasteiger partial charge in [0.05, 0.1) is 4.90 Å². The Bertz CT molecular complexity index is 857. The van der Waals surface area contributed by atoms with Gasteiger partial charge in [-0.05, 0) is 25.1 Å². The average Bonchev–Trinajstić information content (AvgIpc) is 3.02. The maximum atomic E-state index is 12.7. The highest BCUT2D eigenvalue weighted by Gasteiger charge is 2.22. The van der Waals surface area contributed by atoms with Crippen LogP contribution in [0.25, 0.3) is 10.9 Å². The second-order valence-electron chi connectivity index (χ2n) is 4.63. The smallest absolute Gasteiger partial charge is 0.268 e. The highest BCUT2D eigenvalue weighted by molar-refractivity contribution is 7.90. The van der Waals surface area contributed by atoms with E-state index in [1.54, 1.807) is 49.5 Å². The van der Waals surface area contributed by atoms with E-state index in [1.165, 1.54) is 3.97 Å².